The van der Waals surface area contributed by atoms with Gasteiger partial charge in [-0.15, -0.1) is 0 Å². The summed E-state index contributed by atoms with van der Waals surface area (Å²) in [6.45, 7) is 9.98. The van der Waals surface area contributed by atoms with Crippen LogP contribution < -0.4 is 5.49 Å². The Morgan fingerprint density at radius 2 is 1.89 bits per heavy atom. The molecule has 0 aliphatic carbocycles. The van der Waals surface area contributed by atoms with E-state index in [9.17, 15) is 0 Å². The van der Waals surface area contributed by atoms with Gasteiger partial charge in [0.25, 0.3) is 0 Å². The van der Waals surface area contributed by atoms with Crippen LogP contribution in [0.3, 0.4) is 0 Å². The van der Waals surface area contributed by atoms with Crippen LogP contribution in [0.25, 0.3) is 10.8 Å². The van der Waals surface area contributed by atoms with Gasteiger partial charge in [-0.1, -0.05) is 44.5 Å². The van der Waals surface area contributed by atoms with Crippen LogP contribution in [0.1, 0.15) is 32.8 Å². The fraction of sp³-hybridized carbons (Fsp3) is 0.471. The summed E-state index contributed by atoms with van der Waals surface area (Å²) in [4.78, 5) is 4.49. The zero-order valence-corrected chi connectivity index (χ0v) is 12.7. The number of pyridine rings is 1. The highest BCUT2D eigenvalue weighted by molar-refractivity contribution is 5.81. The van der Waals surface area contributed by atoms with Crippen molar-refractivity contribution in [3.63, 3.8) is 0 Å². The lowest BCUT2D eigenvalue weighted by molar-refractivity contribution is 0.347. The van der Waals surface area contributed by atoms with Crippen molar-refractivity contribution in [1.82, 2.24) is 4.57 Å². The highest BCUT2D eigenvalue weighted by Gasteiger charge is 2.10. The topological polar surface area (TPSA) is 17.3 Å². The van der Waals surface area contributed by atoms with Crippen LogP contribution in [0.4, 0.5) is 0 Å². The first-order valence-corrected chi connectivity index (χ1v) is 6.93. The zero-order valence-electron chi connectivity index (χ0n) is 12.7. The minimum absolute atomic E-state index is 0.347. The second kappa shape index (κ2) is 5.20. The number of rotatable bonds is 2. The second-order valence-electron chi connectivity index (χ2n) is 6.46. The molecule has 0 unspecified atom stereocenters. The Hall–Kier alpha value is -1.57. The average Bonchev–Trinajstić information content (AvgIpc) is 2.34. The molecule has 19 heavy (non-hydrogen) atoms. The van der Waals surface area contributed by atoms with Gasteiger partial charge in [-0.3, -0.25) is 4.99 Å². The normalized spacial score (nSPS) is 13.2. The van der Waals surface area contributed by atoms with Gasteiger partial charge in [0.05, 0.1) is 0 Å². The van der Waals surface area contributed by atoms with Crippen molar-refractivity contribution in [3.05, 3.63) is 41.5 Å². The van der Waals surface area contributed by atoms with E-state index in [1.165, 1.54) is 16.3 Å². The summed E-state index contributed by atoms with van der Waals surface area (Å²) in [5, 5.41) is 2.51. The van der Waals surface area contributed by atoms with Crippen molar-refractivity contribution in [2.75, 3.05) is 7.05 Å². The molecule has 2 nitrogen and oxygen atoms in total. The van der Waals surface area contributed by atoms with Gasteiger partial charge >= 0.3 is 0 Å². The molecule has 0 fully saturated rings. The molecule has 0 bridgehead atoms. The number of nitrogens with zero attached hydrogens (tertiary/aromatic N) is 2. The molecule has 0 saturated carbocycles. The van der Waals surface area contributed by atoms with Crippen LogP contribution >= 0.6 is 0 Å². The molecule has 2 aromatic rings. The Balaban J connectivity index is 2.49. The lowest BCUT2D eigenvalue weighted by Gasteiger charge is -2.19. The molecule has 1 heterocycles. The summed E-state index contributed by atoms with van der Waals surface area (Å²) in [5.41, 5.74) is 2.73. The monoisotopic (exact) mass is 256 g/mol. The highest BCUT2D eigenvalue weighted by atomic mass is 15.0. The molecule has 0 saturated heterocycles. The average molecular weight is 256 g/mol. The van der Waals surface area contributed by atoms with Gasteiger partial charge in [0.2, 0.25) is 0 Å². The summed E-state index contributed by atoms with van der Waals surface area (Å²) < 4.78 is 2.27. The maximum Gasteiger partial charge on any atom is 0.135 e. The SMILES string of the molecule is C/N=c1/c2ccc(C)cc2ccn1CCC(C)(C)C. The number of aromatic nitrogens is 1. The van der Waals surface area contributed by atoms with Gasteiger partial charge in [-0.05, 0) is 30.2 Å². The standard InChI is InChI=1S/C17H24N2/c1-13-6-7-15-14(12-13)8-10-19(16(15)18-5)11-9-17(2,3)4/h6-8,10,12H,9,11H2,1-5H3/b18-16-. The Morgan fingerprint density at radius 3 is 2.53 bits per heavy atom. The maximum absolute atomic E-state index is 4.49. The first-order valence-electron chi connectivity index (χ1n) is 6.93. The molecule has 2 rings (SSSR count). The molecule has 2 heteroatoms. The van der Waals surface area contributed by atoms with E-state index in [1.54, 1.807) is 0 Å². The number of hydrogen-bond donors (Lipinski definition) is 0. The number of benzene rings is 1. The van der Waals surface area contributed by atoms with Gasteiger partial charge in [-0.2, -0.15) is 0 Å². The minimum Gasteiger partial charge on any atom is -0.333 e. The first-order chi connectivity index (χ1) is 8.90. The van der Waals surface area contributed by atoms with E-state index in [0.717, 1.165) is 18.5 Å². The largest absolute Gasteiger partial charge is 0.333 e. The van der Waals surface area contributed by atoms with Crippen LogP contribution in [0, 0.1) is 12.3 Å². The van der Waals surface area contributed by atoms with Crippen LogP contribution in [0.2, 0.25) is 0 Å². The van der Waals surface area contributed by atoms with Crippen LogP contribution in [0.15, 0.2) is 35.5 Å². The quantitative estimate of drug-likeness (QED) is 0.775. The van der Waals surface area contributed by atoms with Gasteiger partial charge in [-0.25, -0.2) is 0 Å². The minimum atomic E-state index is 0.347. The predicted octanol–water partition coefficient (Wildman–Crippen LogP) is 3.92. The second-order valence-corrected chi connectivity index (χ2v) is 6.46. The van der Waals surface area contributed by atoms with Crippen LogP contribution in [-0.2, 0) is 6.54 Å². The summed E-state index contributed by atoms with van der Waals surface area (Å²) >= 11 is 0. The molecule has 1 aromatic carbocycles. The highest BCUT2D eigenvalue weighted by Crippen LogP contribution is 2.19. The number of hydrogen-bond acceptors (Lipinski definition) is 1. The number of fused-ring (bicyclic) bond motifs is 1. The van der Waals surface area contributed by atoms with Gasteiger partial charge < -0.3 is 4.57 Å². The molecule has 0 aliphatic heterocycles. The van der Waals surface area contributed by atoms with E-state index in [1.807, 2.05) is 7.05 Å². The summed E-state index contributed by atoms with van der Waals surface area (Å²) in [5.74, 6) is 0. The Kier molecular flexibility index (Phi) is 3.79. The lowest BCUT2D eigenvalue weighted by Crippen LogP contribution is -2.23. The van der Waals surface area contributed by atoms with E-state index in [0.29, 0.717) is 5.41 Å². The van der Waals surface area contributed by atoms with Crippen molar-refractivity contribution >= 4 is 10.8 Å². The molecule has 0 radical (unpaired) electrons. The first kappa shape index (κ1) is 13.9. The Bertz CT molecular complexity index is 642. The van der Waals surface area contributed by atoms with E-state index >= 15 is 0 Å². The molecule has 0 aliphatic rings. The third kappa shape index (κ3) is 3.25. The lowest BCUT2D eigenvalue weighted by atomic mass is 9.92. The molecular formula is C17H24N2. The summed E-state index contributed by atoms with van der Waals surface area (Å²) in [7, 11) is 1.88. The Morgan fingerprint density at radius 1 is 1.16 bits per heavy atom. The molecule has 0 spiro atoms. The van der Waals surface area contributed by atoms with Gasteiger partial charge in [0.1, 0.15) is 5.49 Å². The van der Waals surface area contributed by atoms with Crippen LogP contribution in [0.5, 0.6) is 0 Å². The van der Waals surface area contributed by atoms with Crippen LogP contribution in [-0.4, -0.2) is 11.6 Å². The van der Waals surface area contributed by atoms with Crippen molar-refractivity contribution in [2.24, 2.45) is 10.4 Å². The molecule has 0 N–H and O–H groups in total. The smallest absolute Gasteiger partial charge is 0.135 e. The number of aryl methyl sites for hydroxylation is 2. The predicted molar refractivity (Wildman–Crippen MR) is 82.2 cm³/mol. The fourth-order valence-electron chi connectivity index (χ4n) is 2.30. The van der Waals surface area contributed by atoms with Crippen molar-refractivity contribution in [3.8, 4) is 0 Å². The third-order valence-corrected chi connectivity index (χ3v) is 3.47. The zero-order chi connectivity index (χ0) is 14.0. The molecule has 0 atom stereocenters. The van der Waals surface area contributed by atoms with Crippen molar-refractivity contribution in [1.29, 1.82) is 0 Å². The van der Waals surface area contributed by atoms with Gasteiger partial charge in [0.15, 0.2) is 0 Å². The third-order valence-electron chi connectivity index (χ3n) is 3.47. The maximum atomic E-state index is 4.49. The Labute approximate surface area is 115 Å². The van der Waals surface area contributed by atoms with E-state index in [2.05, 4.69) is 67.7 Å². The van der Waals surface area contributed by atoms with Gasteiger partial charge in [0, 0.05) is 25.2 Å². The van der Waals surface area contributed by atoms with E-state index in [4.69, 9.17) is 0 Å². The summed E-state index contributed by atoms with van der Waals surface area (Å²) in [6.07, 6.45) is 3.31. The fourth-order valence-corrected chi connectivity index (χ4v) is 2.30. The summed E-state index contributed by atoms with van der Waals surface area (Å²) in [6, 6.07) is 8.75. The van der Waals surface area contributed by atoms with E-state index in [-0.39, 0.29) is 0 Å². The molecular weight excluding hydrogens is 232 g/mol. The molecule has 102 valence electrons. The van der Waals surface area contributed by atoms with E-state index < -0.39 is 0 Å². The molecule has 1 aromatic heterocycles. The van der Waals surface area contributed by atoms with Crippen molar-refractivity contribution < 1.29 is 0 Å². The van der Waals surface area contributed by atoms with Crippen molar-refractivity contribution in [2.45, 2.75) is 40.7 Å². The molecule has 0 amide bonds.